The number of aliphatic hydroxyl groups is 1. The molecule has 3 atom stereocenters. The van der Waals surface area contributed by atoms with Gasteiger partial charge >= 0.3 is 0 Å². The summed E-state index contributed by atoms with van der Waals surface area (Å²) in [6, 6.07) is 5.90. The zero-order valence-electron chi connectivity index (χ0n) is 13.8. The van der Waals surface area contributed by atoms with E-state index in [1.54, 1.807) is 7.11 Å². The highest BCUT2D eigenvalue weighted by Crippen LogP contribution is 2.26. The Balaban J connectivity index is 1.91. The summed E-state index contributed by atoms with van der Waals surface area (Å²) in [5.74, 6) is 2.39. The number of benzene rings is 1. The van der Waals surface area contributed by atoms with Gasteiger partial charge in [0.05, 0.1) is 13.2 Å². The van der Waals surface area contributed by atoms with Gasteiger partial charge in [-0.25, -0.2) is 0 Å². The van der Waals surface area contributed by atoms with Crippen LogP contribution < -0.4 is 4.74 Å². The van der Waals surface area contributed by atoms with Gasteiger partial charge in [-0.1, -0.05) is 19.9 Å². The van der Waals surface area contributed by atoms with Crippen LogP contribution in [0.1, 0.15) is 43.9 Å². The molecule has 0 aromatic heterocycles. The van der Waals surface area contributed by atoms with Crippen molar-refractivity contribution in [2.75, 3.05) is 26.7 Å². The molecule has 3 nitrogen and oxygen atoms in total. The van der Waals surface area contributed by atoms with Crippen LogP contribution in [0.5, 0.6) is 5.75 Å². The Morgan fingerprint density at radius 3 is 2.52 bits per heavy atom. The molecule has 0 bridgehead atoms. The number of aryl methyl sites for hydroxylation is 1. The van der Waals surface area contributed by atoms with E-state index in [-0.39, 0.29) is 6.10 Å². The molecule has 118 valence electrons. The minimum Gasteiger partial charge on any atom is -0.497 e. The molecule has 1 fully saturated rings. The standard InChI is InChI=1S/C18H29NO2/c1-13-9-14(2)12-19(11-13)8-7-18(20)17-6-5-16(21-4)10-15(17)3/h5-6,10,13-14,18,20H,7-9,11-12H2,1-4H3. The van der Waals surface area contributed by atoms with Crippen molar-refractivity contribution in [1.82, 2.24) is 4.90 Å². The first-order valence-corrected chi connectivity index (χ1v) is 8.04. The lowest BCUT2D eigenvalue weighted by atomic mass is 9.91. The number of piperidine rings is 1. The molecular weight excluding hydrogens is 262 g/mol. The second-order valence-electron chi connectivity index (χ2n) is 6.73. The van der Waals surface area contributed by atoms with Crippen molar-refractivity contribution in [3.8, 4) is 5.75 Å². The maximum absolute atomic E-state index is 10.5. The number of likely N-dealkylation sites (tertiary alicyclic amines) is 1. The average Bonchev–Trinajstić information content (AvgIpc) is 2.43. The van der Waals surface area contributed by atoms with Crippen molar-refractivity contribution in [2.45, 2.75) is 39.7 Å². The molecule has 0 saturated carbocycles. The van der Waals surface area contributed by atoms with Crippen LogP contribution in [0.3, 0.4) is 0 Å². The number of rotatable bonds is 5. The fourth-order valence-electron chi connectivity index (χ4n) is 3.58. The summed E-state index contributed by atoms with van der Waals surface area (Å²) in [7, 11) is 1.67. The Hall–Kier alpha value is -1.06. The minimum absolute atomic E-state index is 0.386. The minimum atomic E-state index is -0.386. The monoisotopic (exact) mass is 291 g/mol. The second-order valence-corrected chi connectivity index (χ2v) is 6.73. The molecule has 3 heteroatoms. The maximum Gasteiger partial charge on any atom is 0.119 e. The third kappa shape index (κ3) is 4.45. The predicted octanol–water partition coefficient (Wildman–Crippen LogP) is 3.41. The molecule has 1 saturated heterocycles. The number of hydrogen-bond donors (Lipinski definition) is 1. The van der Waals surface area contributed by atoms with Gasteiger partial charge in [0.15, 0.2) is 0 Å². The van der Waals surface area contributed by atoms with E-state index in [0.29, 0.717) is 0 Å². The molecule has 0 amide bonds. The van der Waals surface area contributed by atoms with Gasteiger partial charge in [-0.3, -0.25) is 0 Å². The van der Waals surface area contributed by atoms with Crippen molar-refractivity contribution < 1.29 is 9.84 Å². The molecule has 21 heavy (non-hydrogen) atoms. The maximum atomic E-state index is 10.5. The van der Waals surface area contributed by atoms with E-state index in [1.165, 1.54) is 19.5 Å². The second kappa shape index (κ2) is 7.28. The van der Waals surface area contributed by atoms with Crippen molar-refractivity contribution >= 4 is 0 Å². The molecule has 1 heterocycles. The lowest BCUT2D eigenvalue weighted by Gasteiger charge is -2.35. The lowest BCUT2D eigenvalue weighted by Crippen LogP contribution is -2.39. The van der Waals surface area contributed by atoms with Crippen LogP contribution in [0.25, 0.3) is 0 Å². The van der Waals surface area contributed by atoms with Crippen LogP contribution in [-0.2, 0) is 0 Å². The number of hydrogen-bond acceptors (Lipinski definition) is 3. The first-order valence-electron chi connectivity index (χ1n) is 8.04. The quantitative estimate of drug-likeness (QED) is 0.902. The van der Waals surface area contributed by atoms with E-state index in [2.05, 4.69) is 18.7 Å². The largest absolute Gasteiger partial charge is 0.497 e. The fourth-order valence-corrected chi connectivity index (χ4v) is 3.58. The molecule has 0 radical (unpaired) electrons. The van der Waals surface area contributed by atoms with Gasteiger partial charge in [-0.15, -0.1) is 0 Å². The molecule has 1 aliphatic rings. The summed E-state index contributed by atoms with van der Waals surface area (Å²) in [6.07, 6.45) is 1.74. The van der Waals surface area contributed by atoms with Crippen LogP contribution in [0.2, 0.25) is 0 Å². The van der Waals surface area contributed by atoms with E-state index in [4.69, 9.17) is 4.74 Å². The number of methoxy groups -OCH3 is 1. The fraction of sp³-hybridized carbons (Fsp3) is 0.667. The third-order valence-electron chi connectivity index (χ3n) is 4.50. The van der Waals surface area contributed by atoms with E-state index in [0.717, 1.165) is 41.7 Å². The van der Waals surface area contributed by atoms with Crippen molar-refractivity contribution in [3.63, 3.8) is 0 Å². The van der Waals surface area contributed by atoms with Crippen LogP contribution >= 0.6 is 0 Å². The van der Waals surface area contributed by atoms with Crippen molar-refractivity contribution in [1.29, 1.82) is 0 Å². The number of nitrogens with zero attached hydrogens (tertiary/aromatic N) is 1. The van der Waals surface area contributed by atoms with Crippen LogP contribution in [0.4, 0.5) is 0 Å². The summed E-state index contributed by atoms with van der Waals surface area (Å²) < 4.78 is 5.22. The van der Waals surface area contributed by atoms with Crippen molar-refractivity contribution in [3.05, 3.63) is 29.3 Å². The van der Waals surface area contributed by atoms with E-state index < -0.39 is 0 Å². The van der Waals surface area contributed by atoms with E-state index in [1.807, 2.05) is 25.1 Å². The molecule has 1 aliphatic heterocycles. The van der Waals surface area contributed by atoms with Gasteiger partial charge in [0.2, 0.25) is 0 Å². The van der Waals surface area contributed by atoms with Gasteiger partial charge < -0.3 is 14.7 Å². The lowest BCUT2D eigenvalue weighted by molar-refractivity contribution is 0.103. The molecule has 1 N–H and O–H groups in total. The average molecular weight is 291 g/mol. The van der Waals surface area contributed by atoms with Crippen LogP contribution in [0, 0.1) is 18.8 Å². The Morgan fingerprint density at radius 2 is 1.95 bits per heavy atom. The zero-order valence-corrected chi connectivity index (χ0v) is 13.8. The van der Waals surface area contributed by atoms with Crippen LogP contribution in [0.15, 0.2) is 18.2 Å². The first-order chi connectivity index (χ1) is 9.99. The van der Waals surface area contributed by atoms with Gasteiger partial charge in [0.25, 0.3) is 0 Å². The number of aliphatic hydroxyl groups excluding tert-OH is 1. The Kier molecular flexibility index (Phi) is 5.65. The Bertz CT molecular complexity index is 451. The van der Waals surface area contributed by atoms with Crippen molar-refractivity contribution in [2.24, 2.45) is 11.8 Å². The van der Waals surface area contributed by atoms with Gasteiger partial charge in [0.1, 0.15) is 5.75 Å². The summed E-state index contributed by atoms with van der Waals surface area (Å²) in [6.45, 7) is 9.99. The molecule has 0 spiro atoms. The Labute approximate surface area is 128 Å². The van der Waals surface area contributed by atoms with Gasteiger partial charge in [-0.2, -0.15) is 0 Å². The summed E-state index contributed by atoms with van der Waals surface area (Å²) in [4.78, 5) is 2.50. The third-order valence-corrected chi connectivity index (χ3v) is 4.50. The van der Waals surface area contributed by atoms with Gasteiger partial charge in [-0.05, 0) is 54.9 Å². The van der Waals surface area contributed by atoms with Crippen LogP contribution in [-0.4, -0.2) is 36.8 Å². The zero-order chi connectivity index (χ0) is 15.4. The normalized spacial score (nSPS) is 24.8. The predicted molar refractivity (Wildman–Crippen MR) is 86.7 cm³/mol. The van der Waals surface area contributed by atoms with E-state index in [9.17, 15) is 5.11 Å². The van der Waals surface area contributed by atoms with Gasteiger partial charge in [0, 0.05) is 19.6 Å². The summed E-state index contributed by atoms with van der Waals surface area (Å²) in [5, 5.41) is 10.5. The smallest absolute Gasteiger partial charge is 0.119 e. The molecule has 3 unspecified atom stereocenters. The molecule has 1 aromatic carbocycles. The number of ether oxygens (including phenoxy) is 1. The highest BCUT2D eigenvalue weighted by molar-refractivity contribution is 5.36. The molecular formula is C18H29NO2. The summed E-state index contributed by atoms with van der Waals surface area (Å²) >= 11 is 0. The highest BCUT2D eigenvalue weighted by Gasteiger charge is 2.22. The first kappa shape index (κ1) is 16.3. The Morgan fingerprint density at radius 1 is 1.29 bits per heavy atom. The van der Waals surface area contributed by atoms with E-state index >= 15 is 0 Å². The summed E-state index contributed by atoms with van der Waals surface area (Å²) in [5.41, 5.74) is 2.12. The molecule has 1 aromatic rings. The molecule has 0 aliphatic carbocycles. The highest BCUT2D eigenvalue weighted by atomic mass is 16.5. The topological polar surface area (TPSA) is 32.7 Å². The molecule has 2 rings (SSSR count). The SMILES string of the molecule is COc1ccc(C(O)CCN2CC(C)CC(C)C2)c(C)c1.